The van der Waals surface area contributed by atoms with E-state index >= 15 is 0 Å². The van der Waals surface area contributed by atoms with Gasteiger partial charge in [0.1, 0.15) is 0 Å². The molecule has 1 aromatic rings. The van der Waals surface area contributed by atoms with Crippen molar-refractivity contribution in [2.45, 2.75) is 19.1 Å². The van der Waals surface area contributed by atoms with Crippen LogP contribution in [-0.4, -0.2) is 41.8 Å². The molecule has 0 saturated carbocycles. The number of carbonyl (C=O) groups excluding carboxylic acids is 2. The number of rotatable bonds is 5. The van der Waals surface area contributed by atoms with E-state index < -0.39 is 30.1 Å². The molecule has 1 aliphatic heterocycles. The van der Waals surface area contributed by atoms with Gasteiger partial charge in [-0.1, -0.05) is 12.1 Å². The second-order valence-electron chi connectivity index (χ2n) is 4.07. The van der Waals surface area contributed by atoms with Crippen LogP contribution in [0.25, 0.3) is 0 Å². The van der Waals surface area contributed by atoms with Gasteiger partial charge in [0, 0.05) is 0 Å². The minimum Gasteiger partial charge on any atom is -0.478 e. The monoisotopic (exact) mass is 279 g/mol. The maximum atomic E-state index is 11.8. The van der Waals surface area contributed by atoms with Gasteiger partial charge in [-0.2, -0.15) is 0 Å². The lowest BCUT2D eigenvalue weighted by molar-refractivity contribution is -0.144. The maximum absolute atomic E-state index is 11.8. The summed E-state index contributed by atoms with van der Waals surface area (Å²) in [4.78, 5) is 34.1. The van der Waals surface area contributed by atoms with E-state index in [9.17, 15) is 14.4 Å². The lowest BCUT2D eigenvalue weighted by atomic mass is 10.1. The summed E-state index contributed by atoms with van der Waals surface area (Å²) in [6, 6.07) is 5.98. The highest BCUT2D eigenvalue weighted by Gasteiger charge is 2.51. The topological polar surface area (TPSA) is 105 Å². The van der Waals surface area contributed by atoms with Crippen LogP contribution in [0.3, 0.4) is 0 Å². The predicted molar refractivity (Wildman–Crippen MR) is 67.3 cm³/mol. The molecule has 20 heavy (non-hydrogen) atoms. The van der Waals surface area contributed by atoms with Gasteiger partial charge < -0.3 is 19.9 Å². The number of anilines is 1. The second kappa shape index (κ2) is 5.70. The van der Waals surface area contributed by atoms with Gasteiger partial charge in [0.05, 0.1) is 17.9 Å². The van der Waals surface area contributed by atoms with Gasteiger partial charge in [0.15, 0.2) is 12.2 Å². The molecule has 0 aliphatic carbocycles. The molecule has 1 heterocycles. The van der Waals surface area contributed by atoms with E-state index in [1.807, 2.05) is 0 Å². The zero-order valence-electron chi connectivity index (χ0n) is 10.7. The van der Waals surface area contributed by atoms with Gasteiger partial charge in [-0.3, -0.25) is 4.79 Å². The standard InChI is InChI=1S/C13H13NO6/c1-2-19-13(18)10-9(20-10)11(15)14-8-6-4-3-5-7(8)12(16)17/h3-6,9-10H,2H2,1H3,(H,14,15)(H,16,17). The number of carboxylic acid groups (broad SMARTS) is 1. The summed E-state index contributed by atoms with van der Waals surface area (Å²) in [6.45, 7) is 1.85. The molecule has 0 spiro atoms. The molecule has 7 heteroatoms. The number of carbonyl (C=O) groups is 3. The van der Waals surface area contributed by atoms with E-state index in [1.165, 1.54) is 12.1 Å². The van der Waals surface area contributed by atoms with Crippen molar-refractivity contribution in [3.8, 4) is 0 Å². The molecule has 0 bridgehead atoms. The quantitative estimate of drug-likeness (QED) is 0.605. The Balaban J connectivity index is 2.00. The van der Waals surface area contributed by atoms with E-state index in [2.05, 4.69) is 5.32 Å². The minimum absolute atomic E-state index is 0.0332. The fourth-order valence-electron chi connectivity index (χ4n) is 1.70. The van der Waals surface area contributed by atoms with Gasteiger partial charge in [0.2, 0.25) is 0 Å². The second-order valence-corrected chi connectivity index (χ2v) is 4.07. The number of hydrogen-bond donors (Lipinski definition) is 2. The summed E-state index contributed by atoms with van der Waals surface area (Å²) in [6.07, 6.45) is -1.84. The number of amides is 1. The summed E-state index contributed by atoms with van der Waals surface area (Å²) in [5, 5.41) is 11.4. The number of ether oxygens (including phenoxy) is 2. The number of para-hydroxylation sites is 1. The Bertz CT molecular complexity index is 556. The molecular formula is C13H13NO6. The average Bonchev–Trinajstić information content (AvgIpc) is 3.19. The summed E-state index contributed by atoms with van der Waals surface area (Å²) in [5.74, 6) is -2.32. The zero-order chi connectivity index (χ0) is 14.7. The Morgan fingerprint density at radius 3 is 2.65 bits per heavy atom. The summed E-state index contributed by atoms with van der Waals surface area (Å²) in [5.41, 5.74) is 0.122. The van der Waals surface area contributed by atoms with Gasteiger partial charge in [0.25, 0.3) is 5.91 Å². The highest BCUT2D eigenvalue weighted by molar-refractivity contribution is 6.04. The number of aromatic carboxylic acids is 1. The van der Waals surface area contributed by atoms with Crippen molar-refractivity contribution in [3.63, 3.8) is 0 Å². The third-order valence-corrected chi connectivity index (χ3v) is 2.68. The fraction of sp³-hybridized carbons (Fsp3) is 0.308. The van der Waals surface area contributed by atoms with Gasteiger partial charge >= 0.3 is 11.9 Å². The molecule has 2 N–H and O–H groups in total. The van der Waals surface area contributed by atoms with E-state index in [0.717, 1.165) is 0 Å². The molecule has 1 saturated heterocycles. The first-order valence-electron chi connectivity index (χ1n) is 6.00. The number of esters is 1. The van der Waals surface area contributed by atoms with Gasteiger partial charge in [-0.05, 0) is 19.1 Å². The molecule has 0 radical (unpaired) electrons. The maximum Gasteiger partial charge on any atom is 0.338 e. The van der Waals surface area contributed by atoms with Crippen molar-refractivity contribution in [2.24, 2.45) is 0 Å². The highest BCUT2D eigenvalue weighted by atomic mass is 16.6. The molecular weight excluding hydrogens is 266 g/mol. The summed E-state index contributed by atoms with van der Waals surface area (Å²) < 4.78 is 9.65. The highest BCUT2D eigenvalue weighted by Crippen LogP contribution is 2.26. The van der Waals surface area contributed by atoms with E-state index in [-0.39, 0.29) is 17.9 Å². The average molecular weight is 279 g/mol. The summed E-state index contributed by atoms with van der Waals surface area (Å²) in [7, 11) is 0. The van der Waals surface area contributed by atoms with Crippen LogP contribution in [0, 0.1) is 0 Å². The Labute approximate surface area is 114 Å². The first-order chi connectivity index (χ1) is 9.54. The van der Waals surface area contributed by atoms with Crippen LogP contribution in [0.1, 0.15) is 17.3 Å². The fourth-order valence-corrected chi connectivity index (χ4v) is 1.70. The zero-order valence-corrected chi connectivity index (χ0v) is 10.7. The minimum atomic E-state index is -1.15. The molecule has 1 aliphatic rings. The van der Waals surface area contributed by atoms with Crippen LogP contribution in [0.2, 0.25) is 0 Å². The molecule has 0 aromatic heterocycles. The molecule has 2 rings (SSSR count). The SMILES string of the molecule is CCOC(=O)C1OC1C(=O)Nc1ccccc1C(=O)O. The van der Waals surface area contributed by atoms with Crippen LogP contribution in [0.5, 0.6) is 0 Å². The third-order valence-electron chi connectivity index (χ3n) is 2.68. The Morgan fingerprint density at radius 2 is 2.00 bits per heavy atom. The van der Waals surface area contributed by atoms with E-state index in [0.29, 0.717) is 0 Å². The van der Waals surface area contributed by atoms with Crippen LogP contribution < -0.4 is 5.32 Å². The number of epoxide rings is 1. The van der Waals surface area contributed by atoms with Crippen molar-refractivity contribution < 1.29 is 29.0 Å². The lowest BCUT2D eigenvalue weighted by Crippen LogP contribution is -2.24. The summed E-state index contributed by atoms with van der Waals surface area (Å²) >= 11 is 0. The Hall–Kier alpha value is -2.41. The first-order valence-corrected chi connectivity index (χ1v) is 6.00. The normalized spacial score (nSPS) is 20.1. The van der Waals surface area contributed by atoms with Gasteiger partial charge in [-0.15, -0.1) is 0 Å². The molecule has 7 nitrogen and oxygen atoms in total. The van der Waals surface area contributed by atoms with Crippen molar-refractivity contribution >= 4 is 23.5 Å². The van der Waals surface area contributed by atoms with Crippen molar-refractivity contribution in [1.82, 2.24) is 0 Å². The largest absolute Gasteiger partial charge is 0.478 e. The Kier molecular flexibility index (Phi) is 3.99. The van der Waals surface area contributed by atoms with Crippen LogP contribution in [-0.2, 0) is 19.1 Å². The van der Waals surface area contributed by atoms with Gasteiger partial charge in [-0.25, -0.2) is 9.59 Å². The number of benzene rings is 1. The molecule has 1 amide bonds. The van der Waals surface area contributed by atoms with Crippen LogP contribution in [0.4, 0.5) is 5.69 Å². The molecule has 106 valence electrons. The Morgan fingerprint density at radius 1 is 1.30 bits per heavy atom. The number of hydrogen-bond acceptors (Lipinski definition) is 5. The molecule has 1 fully saturated rings. The number of carboxylic acids is 1. The third kappa shape index (κ3) is 2.94. The molecule has 2 atom stereocenters. The van der Waals surface area contributed by atoms with Crippen LogP contribution in [0.15, 0.2) is 24.3 Å². The number of nitrogens with one attached hydrogen (secondary N) is 1. The van der Waals surface area contributed by atoms with Crippen molar-refractivity contribution in [3.05, 3.63) is 29.8 Å². The van der Waals surface area contributed by atoms with Crippen molar-refractivity contribution in [2.75, 3.05) is 11.9 Å². The van der Waals surface area contributed by atoms with Crippen molar-refractivity contribution in [1.29, 1.82) is 0 Å². The smallest absolute Gasteiger partial charge is 0.338 e. The van der Waals surface area contributed by atoms with E-state index in [4.69, 9.17) is 14.6 Å². The van der Waals surface area contributed by atoms with Crippen LogP contribution >= 0.6 is 0 Å². The predicted octanol–water partition coefficient (Wildman–Crippen LogP) is 0.654. The molecule has 1 aromatic carbocycles. The van der Waals surface area contributed by atoms with E-state index in [1.54, 1.807) is 19.1 Å². The lowest BCUT2D eigenvalue weighted by Gasteiger charge is -2.06. The first kappa shape index (κ1) is 14.0. The molecule has 2 unspecified atom stereocenters.